The van der Waals surface area contributed by atoms with Crippen LogP contribution >= 0.6 is 0 Å². The number of carbonyl (C=O) groups is 1. The van der Waals surface area contributed by atoms with Crippen LogP contribution in [0.4, 0.5) is 0 Å². The van der Waals surface area contributed by atoms with Crippen LogP contribution in [-0.2, 0) is 14.3 Å². The molecule has 2 aliphatic carbocycles. The lowest BCUT2D eigenvalue weighted by Gasteiger charge is -2.65. The third kappa shape index (κ3) is 2.15. The number of ether oxygens (including phenoxy) is 2. The Balaban J connectivity index is 1.74. The molecule has 5 nitrogen and oxygen atoms in total. The van der Waals surface area contributed by atoms with Gasteiger partial charge in [0.1, 0.15) is 12.2 Å². The Labute approximate surface area is 150 Å². The van der Waals surface area contributed by atoms with Crippen molar-refractivity contribution in [1.82, 2.24) is 0 Å². The number of aliphatic hydroxyl groups excluding tert-OH is 2. The van der Waals surface area contributed by atoms with Gasteiger partial charge in [-0.2, -0.15) is 0 Å². The summed E-state index contributed by atoms with van der Waals surface area (Å²) in [6.45, 7) is 7.01. The van der Waals surface area contributed by atoms with E-state index in [0.29, 0.717) is 25.4 Å². The number of cyclic esters (lactones) is 1. The van der Waals surface area contributed by atoms with Crippen molar-refractivity contribution in [2.75, 3.05) is 13.2 Å². The van der Waals surface area contributed by atoms with Crippen molar-refractivity contribution in [1.29, 1.82) is 0 Å². The monoisotopic (exact) mass is 352 g/mol. The predicted octanol–water partition coefficient (Wildman–Crippen LogP) is 2.43. The maximum Gasteiger partial charge on any atom is 0.308 e. The van der Waals surface area contributed by atoms with Crippen LogP contribution in [0.5, 0.6) is 0 Å². The second kappa shape index (κ2) is 5.43. The lowest BCUT2D eigenvalue weighted by atomic mass is 9.43. The molecule has 4 fully saturated rings. The summed E-state index contributed by atoms with van der Waals surface area (Å²) in [5, 5.41) is 20.8. The molecule has 5 heteroatoms. The molecule has 0 aromatic heterocycles. The zero-order chi connectivity index (χ0) is 18.1. The number of rotatable bonds is 1. The quantitative estimate of drug-likeness (QED) is 0.709. The van der Waals surface area contributed by atoms with Gasteiger partial charge >= 0.3 is 5.97 Å². The van der Waals surface area contributed by atoms with Crippen LogP contribution in [-0.4, -0.2) is 46.7 Å². The van der Waals surface area contributed by atoms with Crippen LogP contribution in [0.1, 0.15) is 65.7 Å². The second-order valence-corrected chi connectivity index (χ2v) is 9.68. The van der Waals surface area contributed by atoms with Gasteiger partial charge in [0.25, 0.3) is 0 Å². The molecular weight excluding hydrogens is 320 g/mol. The molecule has 2 aliphatic heterocycles. The van der Waals surface area contributed by atoms with Crippen LogP contribution in [0.25, 0.3) is 0 Å². The number of esters is 1. The van der Waals surface area contributed by atoms with Gasteiger partial charge in [-0.05, 0) is 50.4 Å². The molecule has 4 rings (SSSR count). The fourth-order valence-electron chi connectivity index (χ4n) is 6.94. The van der Waals surface area contributed by atoms with Crippen LogP contribution in [0.15, 0.2) is 0 Å². The van der Waals surface area contributed by atoms with E-state index in [-0.39, 0.29) is 29.5 Å². The number of fused-ring (bicyclic) bond motifs is 2. The molecule has 0 aromatic carbocycles. The van der Waals surface area contributed by atoms with Crippen LogP contribution in [0.3, 0.4) is 0 Å². The highest BCUT2D eigenvalue weighted by atomic mass is 16.6. The molecule has 2 N–H and O–H groups in total. The molecule has 0 radical (unpaired) electrons. The Hall–Kier alpha value is -0.650. The van der Waals surface area contributed by atoms with Crippen molar-refractivity contribution in [3.05, 3.63) is 0 Å². The Morgan fingerprint density at radius 1 is 1.16 bits per heavy atom. The van der Waals surface area contributed by atoms with Crippen LogP contribution in [0.2, 0.25) is 0 Å². The first-order valence-electron chi connectivity index (χ1n) is 9.86. The van der Waals surface area contributed by atoms with Crippen LogP contribution in [0, 0.1) is 22.7 Å². The molecule has 2 heterocycles. The summed E-state index contributed by atoms with van der Waals surface area (Å²) in [6, 6.07) is 0. The van der Waals surface area contributed by atoms with Crippen molar-refractivity contribution in [3.63, 3.8) is 0 Å². The Morgan fingerprint density at radius 3 is 2.56 bits per heavy atom. The maximum atomic E-state index is 11.7. The molecule has 0 bridgehead atoms. The molecule has 0 aromatic rings. The summed E-state index contributed by atoms with van der Waals surface area (Å²) >= 11 is 0. The third-order valence-corrected chi connectivity index (χ3v) is 8.57. The summed E-state index contributed by atoms with van der Waals surface area (Å²) in [5.41, 5.74) is -1.33. The lowest BCUT2D eigenvalue weighted by Crippen LogP contribution is -2.66. The molecule has 0 unspecified atom stereocenters. The first kappa shape index (κ1) is 17.7. The average molecular weight is 352 g/mol. The second-order valence-electron chi connectivity index (χ2n) is 9.68. The van der Waals surface area contributed by atoms with E-state index >= 15 is 0 Å². The minimum atomic E-state index is -0.485. The minimum Gasteiger partial charge on any atom is -0.463 e. The highest BCUT2D eigenvalue weighted by molar-refractivity contribution is 5.73. The standard InChI is InChI=1S/C20H32O5/c1-13-4-5-14-17(2,11-21)15(22)6-7-18(14,3)20(13)9-8-19(25-20)10-16(23)24-12-19/h13-15,21-22H,4-12H2,1-3H3/t13-,14-,15+,17+,18+,19-,20-/m1/s1. The van der Waals surface area contributed by atoms with E-state index in [0.717, 1.165) is 32.1 Å². The van der Waals surface area contributed by atoms with Gasteiger partial charge in [0.05, 0.1) is 24.7 Å². The van der Waals surface area contributed by atoms with Crippen LogP contribution < -0.4 is 0 Å². The van der Waals surface area contributed by atoms with E-state index in [9.17, 15) is 15.0 Å². The SMILES string of the molecule is C[C@@H]1CC[C@@H]2[C@](C)(CO)[C@@H](O)CC[C@]2(C)[C@@]12CC[C@@]1(COC(=O)C1)O2. The van der Waals surface area contributed by atoms with Crippen molar-refractivity contribution in [2.45, 2.75) is 83.0 Å². The summed E-state index contributed by atoms with van der Waals surface area (Å²) in [5.74, 6) is 0.474. The maximum absolute atomic E-state index is 11.7. The summed E-state index contributed by atoms with van der Waals surface area (Å²) < 4.78 is 12.1. The van der Waals surface area contributed by atoms with Crippen molar-refractivity contribution in [3.8, 4) is 0 Å². The summed E-state index contributed by atoms with van der Waals surface area (Å²) in [6.07, 6.45) is 5.36. The molecule has 2 saturated heterocycles. The normalized spacial score (nSPS) is 55.6. The highest BCUT2D eigenvalue weighted by Crippen LogP contribution is 2.68. The summed E-state index contributed by atoms with van der Waals surface area (Å²) in [4.78, 5) is 11.7. The lowest BCUT2D eigenvalue weighted by molar-refractivity contribution is -0.266. The average Bonchev–Trinajstić information content (AvgIpc) is 3.14. The van der Waals surface area contributed by atoms with Gasteiger partial charge in [0.15, 0.2) is 0 Å². The fourth-order valence-corrected chi connectivity index (χ4v) is 6.94. The number of hydrogen-bond acceptors (Lipinski definition) is 5. The van der Waals surface area contributed by atoms with Gasteiger partial charge in [0, 0.05) is 10.8 Å². The topological polar surface area (TPSA) is 76.0 Å². The largest absolute Gasteiger partial charge is 0.463 e. The number of hydrogen-bond donors (Lipinski definition) is 2. The van der Waals surface area contributed by atoms with Gasteiger partial charge in [-0.25, -0.2) is 0 Å². The third-order valence-electron chi connectivity index (χ3n) is 8.57. The Kier molecular flexibility index (Phi) is 3.85. The zero-order valence-electron chi connectivity index (χ0n) is 15.7. The van der Waals surface area contributed by atoms with Gasteiger partial charge in [-0.1, -0.05) is 20.8 Å². The Bertz CT molecular complexity index is 578. The molecule has 0 amide bonds. The van der Waals surface area contributed by atoms with E-state index in [1.54, 1.807) is 0 Å². The van der Waals surface area contributed by atoms with Gasteiger partial charge < -0.3 is 19.7 Å². The van der Waals surface area contributed by atoms with E-state index < -0.39 is 17.1 Å². The van der Waals surface area contributed by atoms with Crippen molar-refractivity contribution >= 4 is 5.97 Å². The molecular formula is C20H32O5. The zero-order valence-corrected chi connectivity index (χ0v) is 15.7. The van der Waals surface area contributed by atoms with Gasteiger partial charge in [0.2, 0.25) is 0 Å². The van der Waals surface area contributed by atoms with E-state index in [1.165, 1.54) is 0 Å². The molecule has 2 saturated carbocycles. The van der Waals surface area contributed by atoms with E-state index in [1.807, 2.05) is 6.92 Å². The number of aliphatic hydroxyl groups is 2. The van der Waals surface area contributed by atoms with Crippen molar-refractivity contribution < 1.29 is 24.5 Å². The fraction of sp³-hybridized carbons (Fsp3) is 0.950. The molecule has 142 valence electrons. The van der Waals surface area contributed by atoms with Crippen molar-refractivity contribution in [2.24, 2.45) is 22.7 Å². The smallest absolute Gasteiger partial charge is 0.308 e. The summed E-state index contributed by atoms with van der Waals surface area (Å²) in [7, 11) is 0. The minimum absolute atomic E-state index is 0.00558. The first-order chi connectivity index (χ1) is 11.7. The molecule has 2 spiro atoms. The molecule has 25 heavy (non-hydrogen) atoms. The first-order valence-corrected chi connectivity index (χ1v) is 9.86. The van der Waals surface area contributed by atoms with Gasteiger partial charge in [-0.15, -0.1) is 0 Å². The Morgan fingerprint density at radius 2 is 1.92 bits per heavy atom. The highest BCUT2D eigenvalue weighted by Gasteiger charge is 2.69. The van der Waals surface area contributed by atoms with E-state index in [4.69, 9.17) is 9.47 Å². The number of carbonyl (C=O) groups excluding carboxylic acids is 1. The van der Waals surface area contributed by atoms with Gasteiger partial charge in [-0.3, -0.25) is 4.79 Å². The molecule has 7 atom stereocenters. The molecule has 4 aliphatic rings. The predicted molar refractivity (Wildman–Crippen MR) is 91.8 cm³/mol. The van der Waals surface area contributed by atoms with E-state index in [2.05, 4.69) is 13.8 Å².